The average Bonchev–Trinajstić information content (AvgIpc) is 3.16. The molecule has 0 saturated carbocycles. The van der Waals surface area contributed by atoms with Crippen molar-refractivity contribution < 1.29 is 27.5 Å². The number of nitrogens with one attached hydrogen (secondary N) is 1. The molecule has 0 aliphatic carbocycles. The van der Waals surface area contributed by atoms with Crippen molar-refractivity contribution in [3.8, 4) is 28.6 Å². The predicted molar refractivity (Wildman–Crippen MR) is 97.9 cm³/mol. The second-order valence-electron chi connectivity index (χ2n) is 5.57. The number of benzene rings is 2. The van der Waals surface area contributed by atoms with Gasteiger partial charge in [-0.15, -0.1) is 0 Å². The number of hydrogen-bond donors (Lipinski definition) is 1. The normalized spacial score (nSPS) is 10.8. The lowest BCUT2D eigenvalue weighted by Gasteiger charge is -2.12. The van der Waals surface area contributed by atoms with Gasteiger partial charge in [0, 0.05) is 17.3 Å². The highest BCUT2D eigenvalue weighted by Gasteiger charge is 2.13. The van der Waals surface area contributed by atoms with Crippen molar-refractivity contribution in [3.63, 3.8) is 0 Å². The quantitative estimate of drug-likeness (QED) is 0.581. The topological polar surface area (TPSA) is 78.6 Å². The van der Waals surface area contributed by atoms with Crippen LogP contribution in [-0.4, -0.2) is 30.5 Å². The van der Waals surface area contributed by atoms with Crippen molar-refractivity contribution >= 4 is 5.69 Å². The molecule has 0 fully saturated rings. The van der Waals surface area contributed by atoms with Crippen molar-refractivity contribution in [2.24, 2.45) is 0 Å². The second-order valence-corrected chi connectivity index (χ2v) is 5.57. The highest BCUT2D eigenvalue weighted by Crippen LogP contribution is 2.31. The van der Waals surface area contributed by atoms with Crippen molar-refractivity contribution in [2.45, 2.75) is 20.1 Å². The number of nitrogens with zero attached hydrogens (tertiary/aromatic N) is 2. The number of rotatable bonds is 9. The van der Waals surface area contributed by atoms with Crippen LogP contribution < -0.4 is 19.5 Å². The Morgan fingerprint density at radius 1 is 1.11 bits per heavy atom. The summed E-state index contributed by atoms with van der Waals surface area (Å²) in [5.41, 5.74) is 1.33. The summed E-state index contributed by atoms with van der Waals surface area (Å²) in [5.74, 6) is 1.69. The summed E-state index contributed by atoms with van der Waals surface area (Å²) in [6.07, 6.45) is 0. The molecule has 7 nitrogen and oxygen atoms in total. The molecule has 0 aliphatic heterocycles. The van der Waals surface area contributed by atoms with Crippen LogP contribution in [0.25, 0.3) is 11.4 Å². The first-order valence-corrected chi connectivity index (χ1v) is 8.51. The van der Waals surface area contributed by atoms with Gasteiger partial charge in [0.2, 0.25) is 11.7 Å². The molecule has 3 rings (SSSR count). The number of hydrogen-bond acceptors (Lipinski definition) is 7. The van der Waals surface area contributed by atoms with E-state index in [0.29, 0.717) is 24.0 Å². The molecule has 0 unspecified atom stereocenters. The Balaban J connectivity index is 1.65. The van der Waals surface area contributed by atoms with Crippen LogP contribution in [0.2, 0.25) is 0 Å². The fourth-order valence-corrected chi connectivity index (χ4v) is 2.46. The van der Waals surface area contributed by atoms with Gasteiger partial charge in [0.1, 0.15) is 5.75 Å². The van der Waals surface area contributed by atoms with E-state index >= 15 is 0 Å². The molecule has 0 atom stereocenters. The van der Waals surface area contributed by atoms with Gasteiger partial charge in [-0.3, -0.25) is 0 Å². The average molecular weight is 391 g/mol. The molecular formula is C19H19F2N3O4. The maximum atomic E-state index is 12.5. The third-order valence-corrected chi connectivity index (χ3v) is 3.72. The zero-order valence-corrected chi connectivity index (χ0v) is 15.3. The summed E-state index contributed by atoms with van der Waals surface area (Å²) in [6.45, 7) is -0.230. The highest BCUT2D eigenvalue weighted by molar-refractivity contribution is 5.56. The van der Waals surface area contributed by atoms with Crippen LogP contribution >= 0.6 is 0 Å². The number of anilines is 1. The van der Waals surface area contributed by atoms with Gasteiger partial charge in [0.05, 0.1) is 20.3 Å². The molecule has 1 N–H and O–H groups in total. The smallest absolute Gasteiger partial charge is 0.387 e. The zero-order chi connectivity index (χ0) is 19.9. The van der Waals surface area contributed by atoms with Crippen LogP contribution in [0.3, 0.4) is 0 Å². The summed E-state index contributed by atoms with van der Waals surface area (Å²) in [5, 5.41) is 6.97. The van der Waals surface area contributed by atoms with Gasteiger partial charge in [0.25, 0.3) is 0 Å². The van der Waals surface area contributed by atoms with E-state index in [4.69, 9.17) is 14.0 Å². The molecule has 0 bridgehead atoms. The minimum Gasteiger partial charge on any atom is -0.494 e. The first-order chi connectivity index (χ1) is 13.6. The molecule has 3 aromatic rings. The van der Waals surface area contributed by atoms with Crippen molar-refractivity contribution in [1.29, 1.82) is 0 Å². The zero-order valence-electron chi connectivity index (χ0n) is 15.3. The van der Waals surface area contributed by atoms with Gasteiger partial charge in [-0.25, -0.2) is 0 Å². The molecule has 0 spiro atoms. The second kappa shape index (κ2) is 9.03. The third kappa shape index (κ3) is 4.87. The predicted octanol–water partition coefficient (Wildman–Crippen LogP) is 4.36. The molecule has 2 aromatic carbocycles. The molecule has 0 aliphatic rings. The van der Waals surface area contributed by atoms with E-state index < -0.39 is 6.61 Å². The SMILES string of the molecule is CCOc1ccc(-c2noc(CNc3ccc(OC)c(OC(F)F)c3)n2)cc1. The van der Waals surface area contributed by atoms with E-state index in [9.17, 15) is 8.78 Å². The van der Waals surface area contributed by atoms with Crippen LogP contribution in [0.15, 0.2) is 47.0 Å². The molecule has 9 heteroatoms. The molecule has 1 heterocycles. The summed E-state index contributed by atoms with van der Waals surface area (Å²) in [6, 6.07) is 11.9. The number of methoxy groups -OCH3 is 1. The van der Waals surface area contributed by atoms with Gasteiger partial charge >= 0.3 is 6.61 Å². The molecule has 0 saturated heterocycles. The first-order valence-electron chi connectivity index (χ1n) is 8.51. The Labute approximate surface area is 160 Å². The summed E-state index contributed by atoms with van der Waals surface area (Å²) in [4.78, 5) is 4.32. The molecule has 1 aromatic heterocycles. The molecule has 0 radical (unpaired) electrons. The van der Waals surface area contributed by atoms with E-state index in [1.54, 1.807) is 6.07 Å². The summed E-state index contributed by atoms with van der Waals surface area (Å²) >= 11 is 0. The van der Waals surface area contributed by atoms with E-state index in [1.807, 2.05) is 31.2 Å². The number of alkyl halides is 2. The van der Waals surface area contributed by atoms with E-state index in [1.165, 1.54) is 19.2 Å². The Kier molecular flexibility index (Phi) is 6.25. The lowest BCUT2D eigenvalue weighted by atomic mass is 10.2. The Morgan fingerprint density at radius 2 is 1.89 bits per heavy atom. The maximum Gasteiger partial charge on any atom is 0.387 e. The Hall–Kier alpha value is -3.36. The molecule has 28 heavy (non-hydrogen) atoms. The van der Waals surface area contributed by atoms with E-state index in [-0.39, 0.29) is 18.0 Å². The maximum absolute atomic E-state index is 12.5. The van der Waals surface area contributed by atoms with Gasteiger partial charge in [0.15, 0.2) is 11.5 Å². The minimum absolute atomic E-state index is 0.0666. The van der Waals surface area contributed by atoms with Crippen molar-refractivity contribution in [3.05, 3.63) is 48.4 Å². The van der Waals surface area contributed by atoms with E-state index in [0.717, 1.165) is 11.3 Å². The van der Waals surface area contributed by atoms with Crippen molar-refractivity contribution in [2.75, 3.05) is 19.0 Å². The molecular weight excluding hydrogens is 372 g/mol. The fourth-order valence-electron chi connectivity index (χ4n) is 2.46. The van der Waals surface area contributed by atoms with E-state index in [2.05, 4.69) is 20.2 Å². The number of ether oxygens (including phenoxy) is 3. The van der Waals surface area contributed by atoms with Gasteiger partial charge in [-0.1, -0.05) is 5.16 Å². The van der Waals surface area contributed by atoms with Crippen LogP contribution in [0.5, 0.6) is 17.2 Å². The molecule has 148 valence electrons. The van der Waals surface area contributed by atoms with Gasteiger partial charge in [-0.2, -0.15) is 13.8 Å². The lowest BCUT2D eigenvalue weighted by molar-refractivity contribution is -0.0511. The standard InChI is InChI=1S/C19H19F2N3O4/c1-3-26-14-7-4-12(5-8-14)18-23-17(28-24-18)11-22-13-6-9-15(25-2)16(10-13)27-19(20)21/h4-10,19,22H,3,11H2,1-2H3. The summed E-state index contributed by atoms with van der Waals surface area (Å²) in [7, 11) is 1.38. The van der Waals surface area contributed by atoms with Crippen molar-refractivity contribution in [1.82, 2.24) is 10.1 Å². The van der Waals surface area contributed by atoms with Crippen LogP contribution in [0, 0.1) is 0 Å². The lowest BCUT2D eigenvalue weighted by Crippen LogP contribution is -2.05. The Bertz CT molecular complexity index is 900. The highest BCUT2D eigenvalue weighted by atomic mass is 19.3. The summed E-state index contributed by atoms with van der Waals surface area (Å²) < 4.78 is 45.1. The van der Waals surface area contributed by atoms with Gasteiger partial charge < -0.3 is 24.1 Å². The minimum atomic E-state index is -2.95. The Morgan fingerprint density at radius 3 is 2.57 bits per heavy atom. The third-order valence-electron chi connectivity index (χ3n) is 3.72. The first kappa shape index (κ1) is 19.4. The van der Waals surface area contributed by atoms with Crippen LogP contribution in [-0.2, 0) is 6.54 Å². The van der Waals surface area contributed by atoms with Gasteiger partial charge in [-0.05, 0) is 43.3 Å². The largest absolute Gasteiger partial charge is 0.494 e. The fraction of sp³-hybridized carbons (Fsp3) is 0.263. The molecule has 0 amide bonds. The number of aromatic nitrogens is 2. The van der Waals surface area contributed by atoms with Crippen LogP contribution in [0.1, 0.15) is 12.8 Å². The number of halogens is 2. The monoisotopic (exact) mass is 391 g/mol. The van der Waals surface area contributed by atoms with Crippen LogP contribution in [0.4, 0.5) is 14.5 Å².